The number of carbonyl (C=O) groups is 1. The van der Waals surface area contributed by atoms with Crippen LogP contribution in [0, 0.1) is 5.92 Å². The molecular weight excluding hydrogens is 364 g/mol. The van der Waals surface area contributed by atoms with Gasteiger partial charge in [0.2, 0.25) is 0 Å². The number of nitrogens with one attached hydrogen (secondary N) is 1. The second-order valence-electron chi connectivity index (χ2n) is 6.47. The zero-order valence-corrected chi connectivity index (χ0v) is 13.8. The van der Waals surface area contributed by atoms with Crippen molar-refractivity contribution >= 4 is 5.91 Å². The van der Waals surface area contributed by atoms with Crippen molar-refractivity contribution in [3.63, 3.8) is 0 Å². The fourth-order valence-corrected chi connectivity index (χ4v) is 3.07. The van der Waals surface area contributed by atoms with Gasteiger partial charge in [0.05, 0.1) is 17.2 Å². The van der Waals surface area contributed by atoms with Crippen LogP contribution in [0.1, 0.15) is 53.6 Å². The summed E-state index contributed by atoms with van der Waals surface area (Å²) in [5.74, 6) is -1.12. The van der Waals surface area contributed by atoms with E-state index < -0.39 is 41.1 Å². The molecule has 1 unspecified atom stereocenters. The van der Waals surface area contributed by atoms with E-state index in [1.54, 1.807) is 0 Å². The standard InChI is InChI=1S/C17H19F6NO2/c18-16(19,20)12-6-11(7-13(8-12)17(21,22)23)15(26)24-9-14(25)10-4-2-1-3-5-10/h6-8,10,14,25H,1-5,9H2,(H,24,26). The van der Waals surface area contributed by atoms with Gasteiger partial charge in [0.25, 0.3) is 5.91 Å². The molecule has 0 heterocycles. The summed E-state index contributed by atoms with van der Waals surface area (Å²) in [5.41, 5.74) is -3.85. The highest BCUT2D eigenvalue weighted by Gasteiger charge is 2.37. The lowest BCUT2D eigenvalue weighted by Gasteiger charge is -2.26. The second-order valence-corrected chi connectivity index (χ2v) is 6.47. The summed E-state index contributed by atoms with van der Waals surface area (Å²) in [7, 11) is 0. The van der Waals surface area contributed by atoms with Crippen LogP contribution < -0.4 is 5.32 Å². The molecule has 2 N–H and O–H groups in total. The smallest absolute Gasteiger partial charge is 0.391 e. The Morgan fingerprint density at radius 1 is 1.00 bits per heavy atom. The Balaban J connectivity index is 2.14. The Bertz CT molecular complexity index is 603. The molecule has 3 nitrogen and oxygen atoms in total. The number of amides is 1. The third-order valence-electron chi connectivity index (χ3n) is 4.52. The highest BCUT2D eigenvalue weighted by Crippen LogP contribution is 2.36. The van der Waals surface area contributed by atoms with Gasteiger partial charge in [-0.05, 0) is 37.0 Å². The number of rotatable bonds is 4. The molecule has 1 fully saturated rings. The van der Waals surface area contributed by atoms with Crippen LogP contribution in [0.15, 0.2) is 18.2 Å². The van der Waals surface area contributed by atoms with Crippen LogP contribution >= 0.6 is 0 Å². The number of carbonyl (C=O) groups excluding carboxylic acids is 1. The van der Waals surface area contributed by atoms with Gasteiger partial charge in [0.1, 0.15) is 0 Å². The van der Waals surface area contributed by atoms with E-state index in [1.165, 1.54) is 0 Å². The normalized spacial score (nSPS) is 17.8. The number of aliphatic hydroxyl groups excluding tert-OH is 1. The fourth-order valence-electron chi connectivity index (χ4n) is 3.07. The monoisotopic (exact) mass is 383 g/mol. The van der Waals surface area contributed by atoms with Crippen molar-refractivity contribution in [1.82, 2.24) is 5.32 Å². The van der Waals surface area contributed by atoms with E-state index in [1.807, 2.05) is 0 Å². The van der Waals surface area contributed by atoms with E-state index >= 15 is 0 Å². The van der Waals surface area contributed by atoms with Gasteiger partial charge in [-0.15, -0.1) is 0 Å². The van der Waals surface area contributed by atoms with Crippen LogP contribution in [-0.2, 0) is 12.4 Å². The van der Waals surface area contributed by atoms with E-state index in [4.69, 9.17) is 0 Å². The number of halogens is 6. The molecule has 0 aliphatic heterocycles. The van der Waals surface area contributed by atoms with Gasteiger partial charge in [-0.1, -0.05) is 19.3 Å². The first-order valence-electron chi connectivity index (χ1n) is 8.24. The van der Waals surface area contributed by atoms with Crippen LogP contribution in [-0.4, -0.2) is 23.7 Å². The molecule has 1 aromatic carbocycles. The predicted octanol–water partition coefficient (Wildman–Crippen LogP) is 4.40. The molecule has 2 rings (SSSR count). The van der Waals surface area contributed by atoms with Crippen molar-refractivity contribution in [1.29, 1.82) is 0 Å². The number of aliphatic hydroxyl groups is 1. The molecule has 146 valence electrons. The SMILES string of the molecule is O=C(NCC(O)C1CCCCC1)c1cc(C(F)(F)F)cc(C(F)(F)F)c1. The molecule has 1 amide bonds. The van der Waals surface area contributed by atoms with E-state index in [2.05, 4.69) is 5.32 Å². The average Bonchev–Trinajstić information content (AvgIpc) is 2.58. The molecule has 0 radical (unpaired) electrons. The topological polar surface area (TPSA) is 49.3 Å². The third-order valence-corrected chi connectivity index (χ3v) is 4.52. The molecule has 1 aromatic rings. The predicted molar refractivity (Wildman–Crippen MR) is 81.4 cm³/mol. The minimum Gasteiger partial charge on any atom is -0.391 e. The maximum Gasteiger partial charge on any atom is 0.416 e. The lowest BCUT2D eigenvalue weighted by molar-refractivity contribution is -0.143. The highest BCUT2D eigenvalue weighted by atomic mass is 19.4. The summed E-state index contributed by atoms with van der Waals surface area (Å²) >= 11 is 0. The molecule has 1 aliphatic rings. The Morgan fingerprint density at radius 2 is 1.50 bits per heavy atom. The molecule has 9 heteroatoms. The van der Waals surface area contributed by atoms with Crippen molar-refractivity contribution in [3.05, 3.63) is 34.9 Å². The summed E-state index contributed by atoms with van der Waals surface area (Å²) in [6.07, 6.45) is -6.42. The quantitative estimate of drug-likeness (QED) is 0.758. The molecule has 0 bridgehead atoms. The van der Waals surface area contributed by atoms with Crippen LogP contribution in [0.5, 0.6) is 0 Å². The highest BCUT2D eigenvalue weighted by molar-refractivity contribution is 5.94. The van der Waals surface area contributed by atoms with E-state index in [0.29, 0.717) is 12.1 Å². The lowest BCUT2D eigenvalue weighted by Crippen LogP contribution is -2.37. The van der Waals surface area contributed by atoms with Gasteiger partial charge in [-0.25, -0.2) is 0 Å². The Hall–Kier alpha value is -1.77. The van der Waals surface area contributed by atoms with Crippen molar-refractivity contribution in [3.8, 4) is 0 Å². The third kappa shape index (κ3) is 5.36. The second kappa shape index (κ2) is 7.85. The summed E-state index contributed by atoms with van der Waals surface area (Å²) in [5, 5.41) is 12.3. The summed E-state index contributed by atoms with van der Waals surface area (Å²) in [6.45, 7) is -0.221. The number of hydrogen-bond acceptors (Lipinski definition) is 2. The first-order valence-corrected chi connectivity index (χ1v) is 8.24. The first-order chi connectivity index (χ1) is 12.0. The van der Waals surface area contributed by atoms with Crippen LogP contribution in [0.25, 0.3) is 0 Å². The van der Waals surface area contributed by atoms with Gasteiger partial charge in [0, 0.05) is 12.1 Å². The number of hydrogen-bond donors (Lipinski definition) is 2. The zero-order valence-electron chi connectivity index (χ0n) is 13.8. The van der Waals surface area contributed by atoms with Gasteiger partial charge < -0.3 is 10.4 Å². The molecule has 26 heavy (non-hydrogen) atoms. The number of alkyl halides is 6. The molecule has 0 saturated heterocycles. The van der Waals surface area contributed by atoms with Crippen molar-refractivity contribution < 1.29 is 36.2 Å². The van der Waals surface area contributed by atoms with E-state index in [-0.39, 0.29) is 18.5 Å². The molecule has 1 atom stereocenters. The summed E-state index contributed by atoms with van der Waals surface area (Å²) in [6, 6.07) is 0.711. The van der Waals surface area contributed by atoms with Crippen LogP contribution in [0.2, 0.25) is 0 Å². The summed E-state index contributed by atoms with van der Waals surface area (Å²) < 4.78 is 76.9. The molecule has 0 aromatic heterocycles. The fraction of sp³-hybridized carbons (Fsp3) is 0.588. The van der Waals surface area contributed by atoms with Crippen molar-refractivity contribution in [2.24, 2.45) is 5.92 Å². The van der Waals surface area contributed by atoms with Gasteiger partial charge in [0.15, 0.2) is 0 Å². The summed E-state index contributed by atoms with van der Waals surface area (Å²) in [4.78, 5) is 12.0. The van der Waals surface area contributed by atoms with Gasteiger partial charge in [-0.2, -0.15) is 26.3 Å². The maximum absolute atomic E-state index is 12.8. The average molecular weight is 383 g/mol. The largest absolute Gasteiger partial charge is 0.416 e. The van der Waals surface area contributed by atoms with Crippen molar-refractivity contribution in [2.75, 3.05) is 6.54 Å². The zero-order chi connectivity index (χ0) is 19.5. The van der Waals surface area contributed by atoms with Crippen LogP contribution in [0.4, 0.5) is 26.3 Å². The molecule has 0 spiro atoms. The minimum absolute atomic E-state index is 0.0312. The first kappa shape index (κ1) is 20.5. The molecule has 1 aliphatic carbocycles. The minimum atomic E-state index is -5.02. The van der Waals surface area contributed by atoms with Crippen molar-refractivity contribution in [2.45, 2.75) is 50.6 Å². The maximum atomic E-state index is 12.8. The number of benzene rings is 1. The lowest BCUT2D eigenvalue weighted by atomic mass is 9.85. The van der Waals surface area contributed by atoms with Gasteiger partial charge >= 0.3 is 12.4 Å². The van der Waals surface area contributed by atoms with Gasteiger partial charge in [-0.3, -0.25) is 4.79 Å². The Labute approximate surface area is 146 Å². The van der Waals surface area contributed by atoms with E-state index in [0.717, 1.165) is 32.1 Å². The molecule has 1 saturated carbocycles. The Morgan fingerprint density at radius 3 is 1.96 bits per heavy atom. The van der Waals surface area contributed by atoms with Crippen LogP contribution in [0.3, 0.4) is 0 Å². The Kier molecular flexibility index (Phi) is 6.21. The van der Waals surface area contributed by atoms with E-state index in [9.17, 15) is 36.2 Å². The molecular formula is C17H19F6NO2.